The Morgan fingerprint density at radius 2 is 1.77 bits per heavy atom. The standard InChI is InChI=1S/C8H12O5/c1-3-12-7(10)5-6(9)8(11)13-4-2/h5,9H,3-4H2,1-2H3/b6-5+. The highest BCUT2D eigenvalue weighted by molar-refractivity contribution is 5.94. The van der Waals surface area contributed by atoms with Crippen molar-refractivity contribution in [1.29, 1.82) is 0 Å². The molecule has 0 amide bonds. The summed E-state index contributed by atoms with van der Waals surface area (Å²) in [6.07, 6.45) is 0.682. The lowest BCUT2D eigenvalue weighted by atomic mass is 10.4. The Bertz CT molecular complexity index is 219. The largest absolute Gasteiger partial charge is 0.502 e. The SMILES string of the molecule is CCOC(=O)/C=C(/O)C(=O)OCC. The zero-order valence-electron chi connectivity index (χ0n) is 7.57. The summed E-state index contributed by atoms with van der Waals surface area (Å²) in [5.74, 6) is -2.45. The lowest BCUT2D eigenvalue weighted by molar-refractivity contribution is -0.143. The molecule has 0 bridgehead atoms. The second kappa shape index (κ2) is 6.05. The molecule has 0 aliphatic rings. The van der Waals surface area contributed by atoms with Crippen LogP contribution >= 0.6 is 0 Å². The van der Waals surface area contributed by atoms with E-state index in [-0.39, 0.29) is 13.2 Å². The molecular formula is C8H12O5. The van der Waals surface area contributed by atoms with Gasteiger partial charge in [0.05, 0.1) is 19.3 Å². The van der Waals surface area contributed by atoms with Crippen molar-refractivity contribution >= 4 is 11.9 Å². The first-order valence-electron chi connectivity index (χ1n) is 3.86. The van der Waals surface area contributed by atoms with Gasteiger partial charge in [-0.15, -0.1) is 0 Å². The Labute approximate surface area is 75.9 Å². The molecule has 0 aromatic carbocycles. The first kappa shape index (κ1) is 11.5. The third kappa shape index (κ3) is 4.84. The number of carbonyl (C=O) groups is 2. The van der Waals surface area contributed by atoms with Gasteiger partial charge >= 0.3 is 11.9 Å². The van der Waals surface area contributed by atoms with Gasteiger partial charge in [0.25, 0.3) is 0 Å². The average Bonchev–Trinajstić information content (AvgIpc) is 2.05. The Kier molecular flexibility index (Phi) is 5.34. The Morgan fingerprint density at radius 3 is 2.23 bits per heavy atom. The number of aliphatic hydroxyl groups is 1. The predicted octanol–water partition coefficient (Wildman–Crippen LogP) is 0.555. The molecule has 0 atom stereocenters. The van der Waals surface area contributed by atoms with E-state index in [0.29, 0.717) is 6.08 Å². The third-order valence-electron chi connectivity index (χ3n) is 1.03. The van der Waals surface area contributed by atoms with Gasteiger partial charge in [-0.1, -0.05) is 0 Å². The summed E-state index contributed by atoms with van der Waals surface area (Å²) in [5.41, 5.74) is 0. The van der Waals surface area contributed by atoms with Crippen LogP contribution in [0, 0.1) is 0 Å². The number of rotatable bonds is 4. The summed E-state index contributed by atoms with van der Waals surface area (Å²) in [5, 5.41) is 8.93. The second-order valence-electron chi connectivity index (χ2n) is 2.00. The number of ether oxygens (including phenoxy) is 2. The minimum Gasteiger partial charge on any atom is -0.502 e. The number of hydrogen-bond acceptors (Lipinski definition) is 5. The highest BCUT2D eigenvalue weighted by atomic mass is 16.5. The monoisotopic (exact) mass is 188 g/mol. The van der Waals surface area contributed by atoms with Crippen molar-refractivity contribution in [1.82, 2.24) is 0 Å². The minimum atomic E-state index is -0.935. The molecule has 1 N–H and O–H groups in total. The molecule has 0 saturated heterocycles. The molecule has 0 aliphatic heterocycles. The van der Waals surface area contributed by atoms with Crippen molar-refractivity contribution in [2.24, 2.45) is 0 Å². The maximum atomic E-state index is 10.7. The van der Waals surface area contributed by atoms with Gasteiger partial charge in [-0.25, -0.2) is 9.59 Å². The Balaban J connectivity index is 4.14. The van der Waals surface area contributed by atoms with Gasteiger partial charge in [0, 0.05) is 0 Å². The van der Waals surface area contributed by atoms with Gasteiger partial charge in [-0.3, -0.25) is 0 Å². The van der Waals surface area contributed by atoms with Crippen molar-refractivity contribution in [2.75, 3.05) is 13.2 Å². The molecule has 13 heavy (non-hydrogen) atoms. The molecule has 0 aromatic heterocycles. The molecule has 0 radical (unpaired) electrons. The van der Waals surface area contributed by atoms with E-state index in [1.807, 2.05) is 0 Å². The van der Waals surface area contributed by atoms with E-state index < -0.39 is 17.7 Å². The second-order valence-corrected chi connectivity index (χ2v) is 2.00. The molecule has 0 spiro atoms. The van der Waals surface area contributed by atoms with E-state index in [4.69, 9.17) is 5.11 Å². The topological polar surface area (TPSA) is 72.8 Å². The van der Waals surface area contributed by atoms with E-state index in [2.05, 4.69) is 9.47 Å². The highest BCUT2D eigenvalue weighted by Crippen LogP contribution is 1.94. The molecule has 0 heterocycles. The number of carbonyl (C=O) groups excluding carboxylic acids is 2. The normalized spacial score (nSPS) is 10.8. The van der Waals surface area contributed by atoms with E-state index in [9.17, 15) is 9.59 Å². The van der Waals surface area contributed by atoms with Crippen LogP contribution < -0.4 is 0 Å². The number of aliphatic hydroxyl groups excluding tert-OH is 1. The number of esters is 2. The Morgan fingerprint density at radius 1 is 1.23 bits per heavy atom. The van der Waals surface area contributed by atoms with Gasteiger partial charge < -0.3 is 14.6 Å². The van der Waals surface area contributed by atoms with Gasteiger partial charge in [0.1, 0.15) is 0 Å². The van der Waals surface area contributed by atoms with Crippen molar-refractivity contribution in [3.8, 4) is 0 Å². The highest BCUT2D eigenvalue weighted by Gasteiger charge is 2.10. The molecule has 0 rings (SSSR count). The molecule has 74 valence electrons. The van der Waals surface area contributed by atoms with Crippen LogP contribution in [0.15, 0.2) is 11.8 Å². The third-order valence-corrected chi connectivity index (χ3v) is 1.03. The zero-order chi connectivity index (χ0) is 10.3. The fraction of sp³-hybridized carbons (Fsp3) is 0.500. The summed E-state index contributed by atoms with van der Waals surface area (Å²) >= 11 is 0. The fourth-order valence-corrected chi connectivity index (χ4v) is 0.560. The van der Waals surface area contributed by atoms with Crippen LogP contribution in [0.1, 0.15) is 13.8 Å². The van der Waals surface area contributed by atoms with Crippen molar-refractivity contribution in [2.45, 2.75) is 13.8 Å². The van der Waals surface area contributed by atoms with Gasteiger partial charge in [-0.05, 0) is 13.8 Å². The van der Waals surface area contributed by atoms with E-state index in [1.165, 1.54) is 0 Å². The quantitative estimate of drug-likeness (QED) is 0.396. The van der Waals surface area contributed by atoms with Crippen LogP contribution in [-0.2, 0) is 19.1 Å². The summed E-state index contributed by atoms with van der Waals surface area (Å²) in [4.78, 5) is 21.4. The van der Waals surface area contributed by atoms with Gasteiger partial charge in [-0.2, -0.15) is 0 Å². The average molecular weight is 188 g/mol. The van der Waals surface area contributed by atoms with Gasteiger partial charge in [0.2, 0.25) is 5.76 Å². The van der Waals surface area contributed by atoms with Crippen molar-refractivity contribution in [3.63, 3.8) is 0 Å². The van der Waals surface area contributed by atoms with Crippen LogP contribution in [0.3, 0.4) is 0 Å². The summed E-state index contributed by atoms with van der Waals surface area (Å²) < 4.78 is 8.88. The lowest BCUT2D eigenvalue weighted by Crippen LogP contribution is -2.10. The number of hydrogen-bond donors (Lipinski definition) is 1. The van der Waals surface area contributed by atoms with E-state index in [0.717, 1.165) is 0 Å². The molecule has 0 saturated carbocycles. The first-order chi connectivity index (χ1) is 6.11. The molecule has 0 unspecified atom stereocenters. The summed E-state index contributed by atoms with van der Waals surface area (Å²) in [7, 11) is 0. The molecule has 0 aromatic rings. The van der Waals surface area contributed by atoms with Gasteiger partial charge in [0.15, 0.2) is 0 Å². The Hall–Kier alpha value is -1.52. The maximum Gasteiger partial charge on any atom is 0.373 e. The van der Waals surface area contributed by atoms with Crippen molar-refractivity contribution in [3.05, 3.63) is 11.8 Å². The first-order valence-corrected chi connectivity index (χ1v) is 3.86. The van der Waals surface area contributed by atoms with Crippen molar-refractivity contribution < 1.29 is 24.2 Å². The smallest absolute Gasteiger partial charge is 0.373 e. The molecule has 5 heteroatoms. The molecule has 0 aliphatic carbocycles. The fourth-order valence-electron chi connectivity index (χ4n) is 0.560. The summed E-state index contributed by atoms with van der Waals surface area (Å²) in [6, 6.07) is 0. The molecular weight excluding hydrogens is 176 g/mol. The summed E-state index contributed by atoms with van der Waals surface area (Å²) in [6.45, 7) is 3.54. The molecule has 0 fully saturated rings. The van der Waals surface area contributed by atoms with Crippen LogP contribution in [0.2, 0.25) is 0 Å². The van der Waals surface area contributed by atoms with Crippen LogP contribution in [0.5, 0.6) is 0 Å². The van der Waals surface area contributed by atoms with Crippen LogP contribution in [0.25, 0.3) is 0 Å². The predicted molar refractivity (Wildman–Crippen MR) is 44.0 cm³/mol. The van der Waals surface area contributed by atoms with Crippen LogP contribution in [0.4, 0.5) is 0 Å². The van der Waals surface area contributed by atoms with Crippen LogP contribution in [-0.4, -0.2) is 30.3 Å². The minimum absolute atomic E-state index is 0.138. The maximum absolute atomic E-state index is 10.7. The van der Waals surface area contributed by atoms with E-state index in [1.54, 1.807) is 13.8 Å². The molecule has 5 nitrogen and oxygen atoms in total. The van der Waals surface area contributed by atoms with E-state index >= 15 is 0 Å². The zero-order valence-corrected chi connectivity index (χ0v) is 7.57. The lowest BCUT2D eigenvalue weighted by Gasteiger charge is -1.99.